The first-order valence-electron chi connectivity index (χ1n) is 9.59. The Morgan fingerprint density at radius 2 is 2.04 bits per heavy atom. The van der Waals surface area contributed by atoms with Crippen molar-refractivity contribution in [1.82, 2.24) is 20.1 Å². The monoisotopic (exact) mass is 509 g/mol. The molecule has 0 aliphatic heterocycles. The SMILES string of the molecule is CCNC(=NCCNC(=O)C1CCCCC1)N(C)Cc1cc(Cl)cn1C.I. The number of nitrogens with one attached hydrogen (secondary N) is 2. The molecule has 8 heteroatoms. The third-order valence-electron chi connectivity index (χ3n) is 4.82. The number of hydrogen-bond acceptors (Lipinski definition) is 2. The Kier molecular flexibility index (Phi) is 11.1. The fourth-order valence-corrected chi connectivity index (χ4v) is 3.63. The van der Waals surface area contributed by atoms with Crippen LogP contribution in [-0.2, 0) is 18.4 Å². The quantitative estimate of drug-likeness (QED) is 0.256. The van der Waals surface area contributed by atoms with Gasteiger partial charge in [-0.2, -0.15) is 0 Å². The van der Waals surface area contributed by atoms with Crippen molar-refractivity contribution < 1.29 is 4.79 Å². The highest BCUT2D eigenvalue weighted by Gasteiger charge is 2.20. The molecular formula is C19H33ClIN5O. The second kappa shape index (κ2) is 12.5. The lowest BCUT2D eigenvalue weighted by molar-refractivity contribution is -0.125. The van der Waals surface area contributed by atoms with Crippen molar-refractivity contribution in [3.8, 4) is 0 Å². The number of carbonyl (C=O) groups excluding carboxylic acids is 1. The summed E-state index contributed by atoms with van der Waals surface area (Å²) < 4.78 is 2.02. The van der Waals surface area contributed by atoms with Crippen molar-refractivity contribution in [1.29, 1.82) is 0 Å². The molecule has 6 nitrogen and oxygen atoms in total. The topological polar surface area (TPSA) is 61.7 Å². The zero-order chi connectivity index (χ0) is 18.9. The maximum absolute atomic E-state index is 12.2. The zero-order valence-corrected chi connectivity index (χ0v) is 19.7. The highest BCUT2D eigenvalue weighted by Crippen LogP contribution is 2.23. The summed E-state index contributed by atoms with van der Waals surface area (Å²) in [7, 11) is 3.99. The average Bonchev–Trinajstić information content (AvgIpc) is 2.95. The van der Waals surface area contributed by atoms with E-state index < -0.39 is 0 Å². The Hall–Kier alpha value is -0.960. The first-order valence-corrected chi connectivity index (χ1v) is 9.97. The fourth-order valence-electron chi connectivity index (χ4n) is 3.36. The molecular weight excluding hydrogens is 477 g/mol. The Morgan fingerprint density at radius 1 is 1.33 bits per heavy atom. The van der Waals surface area contributed by atoms with Crippen LogP contribution in [0.25, 0.3) is 0 Å². The van der Waals surface area contributed by atoms with E-state index in [0.29, 0.717) is 19.6 Å². The van der Waals surface area contributed by atoms with Crippen LogP contribution in [0.2, 0.25) is 5.02 Å². The third-order valence-corrected chi connectivity index (χ3v) is 5.03. The number of guanidine groups is 1. The molecule has 1 amide bonds. The van der Waals surface area contributed by atoms with Gasteiger partial charge in [-0.05, 0) is 25.8 Å². The van der Waals surface area contributed by atoms with Crippen molar-refractivity contribution in [2.24, 2.45) is 18.0 Å². The molecule has 27 heavy (non-hydrogen) atoms. The van der Waals surface area contributed by atoms with Gasteiger partial charge in [-0.25, -0.2) is 0 Å². The molecule has 0 unspecified atom stereocenters. The first kappa shape index (κ1) is 24.1. The highest BCUT2D eigenvalue weighted by molar-refractivity contribution is 14.0. The van der Waals surface area contributed by atoms with E-state index in [2.05, 4.69) is 20.5 Å². The molecule has 1 saturated carbocycles. The van der Waals surface area contributed by atoms with Gasteiger partial charge in [-0.3, -0.25) is 9.79 Å². The van der Waals surface area contributed by atoms with Gasteiger partial charge in [0, 0.05) is 45.0 Å². The van der Waals surface area contributed by atoms with E-state index in [0.717, 1.165) is 36.1 Å². The predicted octanol–water partition coefficient (Wildman–Crippen LogP) is 3.39. The van der Waals surface area contributed by atoms with E-state index in [1.54, 1.807) is 0 Å². The lowest BCUT2D eigenvalue weighted by Gasteiger charge is -2.23. The average molecular weight is 510 g/mol. The zero-order valence-electron chi connectivity index (χ0n) is 16.6. The van der Waals surface area contributed by atoms with Crippen molar-refractivity contribution in [2.75, 3.05) is 26.7 Å². The van der Waals surface area contributed by atoms with Crippen molar-refractivity contribution >= 4 is 47.4 Å². The lowest BCUT2D eigenvalue weighted by atomic mass is 9.89. The van der Waals surface area contributed by atoms with Gasteiger partial charge in [0.2, 0.25) is 5.91 Å². The number of aromatic nitrogens is 1. The Labute approximate surface area is 185 Å². The van der Waals surface area contributed by atoms with Gasteiger partial charge in [-0.15, -0.1) is 24.0 Å². The van der Waals surface area contributed by atoms with E-state index in [9.17, 15) is 4.79 Å². The van der Waals surface area contributed by atoms with Crippen molar-refractivity contribution in [3.05, 3.63) is 23.0 Å². The van der Waals surface area contributed by atoms with Crippen LogP contribution in [0.1, 0.15) is 44.7 Å². The van der Waals surface area contributed by atoms with E-state index in [4.69, 9.17) is 11.6 Å². The number of nitrogens with zero attached hydrogens (tertiary/aromatic N) is 3. The van der Waals surface area contributed by atoms with Crippen LogP contribution < -0.4 is 10.6 Å². The molecule has 1 aliphatic rings. The number of hydrogen-bond donors (Lipinski definition) is 2. The summed E-state index contributed by atoms with van der Waals surface area (Å²) in [5.41, 5.74) is 1.12. The summed E-state index contributed by atoms with van der Waals surface area (Å²) in [5, 5.41) is 7.08. The summed E-state index contributed by atoms with van der Waals surface area (Å²) in [6.07, 6.45) is 7.57. The van der Waals surface area contributed by atoms with Crippen LogP contribution in [0.4, 0.5) is 0 Å². The normalized spacial score (nSPS) is 15.2. The first-order chi connectivity index (χ1) is 12.5. The number of aliphatic imine (C=N–C) groups is 1. The summed E-state index contributed by atoms with van der Waals surface area (Å²) >= 11 is 6.06. The highest BCUT2D eigenvalue weighted by atomic mass is 127. The molecule has 1 aromatic rings. The minimum atomic E-state index is 0. The van der Waals surface area contributed by atoms with Crippen LogP contribution >= 0.6 is 35.6 Å². The second-order valence-corrected chi connectivity index (χ2v) is 7.41. The van der Waals surface area contributed by atoms with Crippen LogP contribution in [0.3, 0.4) is 0 Å². The Bertz CT molecular complexity index is 613. The molecule has 2 N–H and O–H groups in total. The minimum absolute atomic E-state index is 0. The molecule has 154 valence electrons. The van der Waals surface area contributed by atoms with Crippen LogP contribution in [0.5, 0.6) is 0 Å². The maximum atomic E-state index is 12.2. The van der Waals surface area contributed by atoms with Crippen LogP contribution in [0.15, 0.2) is 17.3 Å². The molecule has 1 aromatic heterocycles. The number of amides is 1. The molecule has 0 spiro atoms. The molecule has 0 radical (unpaired) electrons. The maximum Gasteiger partial charge on any atom is 0.223 e. The van der Waals surface area contributed by atoms with Crippen molar-refractivity contribution in [3.63, 3.8) is 0 Å². The van der Waals surface area contributed by atoms with Gasteiger partial charge < -0.3 is 20.1 Å². The van der Waals surface area contributed by atoms with Gasteiger partial charge in [0.1, 0.15) is 0 Å². The lowest BCUT2D eigenvalue weighted by Crippen LogP contribution is -2.39. The smallest absolute Gasteiger partial charge is 0.223 e. The molecule has 0 atom stereocenters. The fraction of sp³-hybridized carbons (Fsp3) is 0.684. The number of halogens is 2. The Balaban J connectivity index is 0.00000364. The Morgan fingerprint density at radius 3 is 2.63 bits per heavy atom. The molecule has 0 aromatic carbocycles. The number of carbonyl (C=O) groups is 1. The van der Waals surface area contributed by atoms with Crippen molar-refractivity contribution in [2.45, 2.75) is 45.6 Å². The van der Waals surface area contributed by atoms with E-state index in [1.165, 1.54) is 19.3 Å². The largest absolute Gasteiger partial charge is 0.357 e. The summed E-state index contributed by atoms with van der Waals surface area (Å²) in [6.45, 7) is 4.70. The summed E-state index contributed by atoms with van der Waals surface area (Å²) in [6, 6.07) is 1.96. The third kappa shape index (κ3) is 7.89. The van der Waals surface area contributed by atoms with Gasteiger partial charge in [-0.1, -0.05) is 30.9 Å². The predicted molar refractivity (Wildman–Crippen MR) is 123 cm³/mol. The minimum Gasteiger partial charge on any atom is -0.357 e. The number of rotatable bonds is 7. The molecule has 0 bridgehead atoms. The molecule has 1 aliphatic carbocycles. The molecule has 2 rings (SSSR count). The summed E-state index contributed by atoms with van der Waals surface area (Å²) in [5.74, 6) is 1.22. The molecule has 1 fully saturated rings. The second-order valence-electron chi connectivity index (χ2n) is 6.98. The van der Waals surface area contributed by atoms with Gasteiger partial charge in [0.25, 0.3) is 0 Å². The van der Waals surface area contributed by atoms with Crippen LogP contribution in [0, 0.1) is 5.92 Å². The van der Waals surface area contributed by atoms with E-state index in [1.807, 2.05) is 37.8 Å². The van der Waals surface area contributed by atoms with Gasteiger partial charge in [0.05, 0.1) is 18.1 Å². The van der Waals surface area contributed by atoms with E-state index in [-0.39, 0.29) is 35.8 Å². The molecule has 0 saturated heterocycles. The van der Waals surface area contributed by atoms with E-state index >= 15 is 0 Å². The molecule has 1 heterocycles. The standard InChI is InChI=1S/C19H32ClN5O.HI/c1-4-21-19(25(3)14-17-12-16(20)13-24(17)2)23-11-10-22-18(26)15-8-6-5-7-9-15;/h12-13,15H,4-11,14H2,1-3H3,(H,21,23)(H,22,26);1H. The van der Waals surface area contributed by atoms with Crippen LogP contribution in [-0.4, -0.2) is 48.0 Å². The van der Waals surface area contributed by atoms with Gasteiger partial charge >= 0.3 is 0 Å². The van der Waals surface area contributed by atoms with Gasteiger partial charge in [0.15, 0.2) is 5.96 Å². The number of aryl methyl sites for hydroxylation is 1. The summed E-state index contributed by atoms with van der Waals surface area (Å²) in [4.78, 5) is 18.9.